The van der Waals surface area contributed by atoms with Crippen LogP contribution >= 0.6 is 0 Å². The third-order valence-corrected chi connectivity index (χ3v) is 5.89. The van der Waals surface area contributed by atoms with Crippen LogP contribution in [0.2, 0.25) is 0 Å². The van der Waals surface area contributed by atoms with Crippen LogP contribution in [0.15, 0.2) is 75.9 Å². The highest BCUT2D eigenvalue weighted by Gasteiger charge is 2.23. The number of nitrogens with one attached hydrogen (secondary N) is 1. The van der Waals surface area contributed by atoms with Crippen molar-refractivity contribution in [3.8, 4) is 11.1 Å². The zero-order chi connectivity index (χ0) is 22.4. The van der Waals surface area contributed by atoms with Crippen molar-refractivity contribution in [2.45, 2.75) is 27.3 Å². The topological polar surface area (TPSA) is 47.2 Å². The standard InChI is InChI=1S/C27H23FN2O2/c1-4-30-22-8-6-5-7-20(22)25-24(27(30)31)23(18-10-12-19(28)13-11-18)26(32-25)29-21-14-9-16(2)15-17(21)3/h5-15,29H,4H2,1-3H3. The maximum atomic E-state index is 13.7. The number of para-hydroxylation sites is 1. The van der Waals surface area contributed by atoms with E-state index >= 15 is 0 Å². The Labute approximate surface area is 184 Å². The summed E-state index contributed by atoms with van der Waals surface area (Å²) in [6.45, 7) is 6.55. The van der Waals surface area contributed by atoms with Gasteiger partial charge in [0.15, 0.2) is 5.58 Å². The molecule has 2 heterocycles. The molecule has 0 aliphatic carbocycles. The monoisotopic (exact) mass is 426 g/mol. The lowest BCUT2D eigenvalue weighted by atomic mass is 10.0. The Balaban J connectivity index is 1.87. The lowest BCUT2D eigenvalue weighted by molar-refractivity contribution is 0.627. The number of halogens is 1. The number of fused-ring (bicyclic) bond motifs is 3. The fraction of sp³-hybridized carbons (Fsp3) is 0.148. The average Bonchev–Trinajstić information content (AvgIpc) is 3.16. The summed E-state index contributed by atoms with van der Waals surface area (Å²) in [6, 6.07) is 20.0. The van der Waals surface area contributed by atoms with Gasteiger partial charge >= 0.3 is 0 Å². The van der Waals surface area contributed by atoms with Gasteiger partial charge in [-0.25, -0.2) is 4.39 Å². The molecule has 160 valence electrons. The molecule has 0 amide bonds. The van der Waals surface area contributed by atoms with Gasteiger partial charge in [-0.05, 0) is 62.2 Å². The van der Waals surface area contributed by atoms with Crippen molar-refractivity contribution in [1.29, 1.82) is 0 Å². The Bertz CT molecular complexity index is 1530. The number of rotatable bonds is 4. The quantitative estimate of drug-likeness (QED) is 0.339. The maximum absolute atomic E-state index is 13.7. The Morgan fingerprint density at radius 1 is 1.00 bits per heavy atom. The van der Waals surface area contributed by atoms with E-state index in [1.165, 1.54) is 12.1 Å². The number of aryl methyl sites for hydroxylation is 3. The van der Waals surface area contributed by atoms with Gasteiger partial charge in [-0.15, -0.1) is 0 Å². The van der Waals surface area contributed by atoms with E-state index < -0.39 is 0 Å². The van der Waals surface area contributed by atoms with Crippen LogP contribution in [0.1, 0.15) is 18.1 Å². The summed E-state index contributed by atoms with van der Waals surface area (Å²) in [5.41, 5.74) is 5.69. The van der Waals surface area contributed by atoms with Crippen molar-refractivity contribution in [2.75, 3.05) is 5.32 Å². The van der Waals surface area contributed by atoms with Gasteiger partial charge in [-0.1, -0.05) is 42.0 Å². The number of nitrogens with zero attached hydrogens (tertiary/aromatic N) is 1. The van der Waals surface area contributed by atoms with E-state index in [9.17, 15) is 9.18 Å². The van der Waals surface area contributed by atoms with Gasteiger partial charge in [-0.3, -0.25) is 4.79 Å². The molecule has 0 bridgehead atoms. The molecule has 5 aromatic rings. The second-order valence-corrected chi connectivity index (χ2v) is 8.03. The van der Waals surface area contributed by atoms with Crippen LogP contribution in [0.3, 0.4) is 0 Å². The van der Waals surface area contributed by atoms with E-state index in [0.717, 1.165) is 27.7 Å². The van der Waals surface area contributed by atoms with Crippen molar-refractivity contribution >= 4 is 33.4 Å². The molecule has 5 rings (SSSR count). The molecule has 32 heavy (non-hydrogen) atoms. The fourth-order valence-corrected chi connectivity index (χ4v) is 4.34. The summed E-state index contributed by atoms with van der Waals surface area (Å²) in [5.74, 6) is 0.136. The van der Waals surface area contributed by atoms with E-state index in [4.69, 9.17) is 4.42 Å². The molecule has 0 saturated carbocycles. The third kappa shape index (κ3) is 3.17. The van der Waals surface area contributed by atoms with Crippen LogP contribution in [0.5, 0.6) is 0 Å². The lowest BCUT2D eigenvalue weighted by Crippen LogP contribution is -2.19. The van der Waals surface area contributed by atoms with Crippen LogP contribution < -0.4 is 10.9 Å². The van der Waals surface area contributed by atoms with Gasteiger partial charge in [0.25, 0.3) is 5.56 Å². The molecule has 0 atom stereocenters. The van der Waals surface area contributed by atoms with Gasteiger partial charge < -0.3 is 14.3 Å². The first-order valence-corrected chi connectivity index (χ1v) is 10.7. The van der Waals surface area contributed by atoms with E-state index in [1.54, 1.807) is 16.7 Å². The van der Waals surface area contributed by atoms with Crippen LogP contribution in [0.4, 0.5) is 16.0 Å². The molecule has 4 nitrogen and oxygen atoms in total. The highest BCUT2D eigenvalue weighted by Crippen LogP contribution is 2.41. The minimum absolute atomic E-state index is 0.127. The smallest absolute Gasteiger partial charge is 0.262 e. The van der Waals surface area contributed by atoms with E-state index in [-0.39, 0.29) is 11.4 Å². The highest BCUT2D eigenvalue weighted by atomic mass is 19.1. The summed E-state index contributed by atoms with van der Waals surface area (Å²) >= 11 is 0. The molecule has 0 radical (unpaired) electrons. The van der Waals surface area contributed by atoms with Crippen molar-refractivity contribution in [3.05, 3.63) is 94.0 Å². The Morgan fingerprint density at radius 3 is 2.47 bits per heavy atom. The van der Waals surface area contributed by atoms with Crippen LogP contribution in [-0.4, -0.2) is 4.57 Å². The van der Waals surface area contributed by atoms with Gasteiger partial charge in [0.1, 0.15) is 5.82 Å². The van der Waals surface area contributed by atoms with Crippen LogP contribution in [0.25, 0.3) is 33.0 Å². The Hall–Kier alpha value is -3.86. The Kier molecular flexibility index (Phi) is 4.82. The maximum Gasteiger partial charge on any atom is 0.262 e. The molecular formula is C27H23FN2O2. The number of hydrogen-bond donors (Lipinski definition) is 1. The molecule has 3 aromatic carbocycles. The summed E-state index contributed by atoms with van der Waals surface area (Å²) in [4.78, 5) is 13.6. The second kappa shape index (κ2) is 7.68. The summed E-state index contributed by atoms with van der Waals surface area (Å²) < 4.78 is 21.8. The minimum atomic E-state index is -0.332. The molecule has 0 spiro atoms. The van der Waals surface area contributed by atoms with E-state index in [0.29, 0.717) is 34.5 Å². The molecule has 0 aliphatic heterocycles. The predicted octanol–water partition coefficient (Wildman–Crippen LogP) is 6.93. The normalized spacial score (nSPS) is 11.4. The molecule has 0 fully saturated rings. The number of benzene rings is 3. The largest absolute Gasteiger partial charge is 0.439 e. The number of furan rings is 1. The molecule has 0 aliphatic rings. The van der Waals surface area contributed by atoms with Crippen molar-refractivity contribution in [3.63, 3.8) is 0 Å². The predicted molar refractivity (Wildman–Crippen MR) is 128 cm³/mol. The van der Waals surface area contributed by atoms with Crippen LogP contribution in [0, 0.1) is 19.7 Å². The zero-order valence-electron chi connectivity index (χ0n) is 18.2. The molecule has 1 N–H and O–H groups in total. The molecule has 0 saturated heterocycles. The lowest BCUT2D eigenvalue weighted by Gasteiger charge is -2.10. The van der Waals surface area contributed by atoms with Gasteiger partial charge in [0.05, 0.1) is 16.5 Å². The Morgan fingerprint density at radius 2 is 1.75 bits per heavy atom. The third-order valence-electron chi connectivity index (χ3n) is 5.89. The van der Waals surface area contributed by atoms with Gasteiger partial charge in [0, 0.05) is 17.6 Å². The SMILES string of the molecule is CCn1c(=O)c2c(-c3ccc(F)cc3)c(Nc3ccc(C)cc3C)oc2c2ccccc21. The average molecular weight is 426 g/mol. The number of pyridine rings is 1. The first kappa shape index (κ1) is 20.1. The highest BCUT2D eigenvalue weighted by molar-refractivity contribution is 6.11. The first-order chi connectivity index (χ1) is 15.5. The van der Waals surface area contributed by atoms with Gasteiger partial charge in [-0.2, -0.15) is 0 Å². The van der Waals surface area contributed by atoms with E-state index in [2.05, 4.69) is 11.4 Å². The second-order valence-electron chi connectivity index (χ2n) is 8.03. The number of hydrogen-bond acceptors (Lipinski definition) is 3. The van der Waals surface area contributed by atoms with Crippen LogP contribution in [-0.2, 0) is 6.54 Å². The van der Waals surface area contributed by atoms with Gasteiger partial charge in [0.2, 0.25) is 5.88 Å². The summed E-state index contributed by atoms with van der Waals surface area (Å²) in [6.07, 6.45) is 0. The number of anilines is 2. The van der Waals surface area contributed by atoms with Crippen molar-refractivity contribution < 1.29 is 8.81 Å². The van der Waals surface area contributed by atoms with E-state index in [1.807, 2.05) is 57.2 Å². The molecular weight excluding hydrogens is 403 g/mol. The summed E-state index contributed by atoms with van der Waals surface area (Å²) in [7, 11) is 0. The summed E-state index contributed by atoms with van der Waals surface area (Å²) in [5, 5.41) is 4.74. The van der Waals surface area contributed by atoms with Crippen molar-refractivity contribution in [2.24, 2.45) is 0 Å². The zero-order valence-corrected chi connectivity index (χ0v) is 18.2. The number of aromatic nitrogens is 1. The first-order valence-electron chi connectivity index (χ1n) is 10.7. The fourth-order valence-electron chi connectivity index (χ4n) is 4.34. The molecule has 0 unspecified atom stereocenters. The molecule has 2 aromatic heterocycles. The minimum Gasteiger partial charge on any atom is -0.439 e. The molecule has 5 heteroatoms. The van der Waals surface area contributed by atoms with Crippen molar-refractivity contribution in [1.82, 2.24) is 4.57 Å².